The summed E-state index contributed by atoms with van der Waals surface area (Å²) in [5.74, 6) is 0.616. The lowest BCUT2D eigenvalue weighted by Crippen LogP contribution is -1.98. The number of nitrogens with zero attached hydrogens (tertiary/aromatic N) is 2. The number of aromatic nitrogens is 2. The number of aryl methyl sites for hydroxylation is 1. The molecule has 1 N–H and O–H groups in total. The topological polar surface area (TPSA) is 37.8 Å². The molecular formula is C12H12ClN3S. The van der Waals surface area contributed by atoms with Gasteiger partial charge in [-0.05, 0) is 19.1 Å². The van der Waals surface area contributed by atoms with Crippen molar-refractivity contribution < 1.29 is 0 Å². The third kappa shape index (κ3) is 2.90. The van der Waals surface area contributed by atoms with E-state index in [2.05, 4.69) is 15.3 Å². The molecule has 0 saturated heterocycles. The molecule has 88 valence electrons. The number of nitrogens with one attached hydrogen (secondary N) is 1. The smallest absolute Gasteiger partial charge is 0.223 e. The molecule has 2 aromatic rings. The Labute approximate surface area is 110 Å². The van der Waals surface area contributed by atoms with Crippen LogP contribution in [0, 0.1) is 6.92 Å². The summed E-state index contributed by atoms with van der Waals surface area (Å²) in [5, 5.41) is 4.58. The molecule has 0 saturated carbocycles. The Kier molecular flexibility index (Phi) is 3.86. The Balaban J connectivity index is 2.32. The largest absolute Gasteiger partial charge is 0.357 e. The second-order valence-corrected chi connectivity index (χ2v) is 4.90. The highest BCUT2D eigenvalue weighted by atomic mass is 35.5. The van der Waals surface area contributed by atoms with Crippen LogP contribution in [0.5, 0.6) is 0 Å². The maximum Gasteiger partial charge on any atom is 0.223 e. The SMILES string of the molecule is CNc1ncc(C)c(Sc2ccccc2Cl)n1. The van der Waals surface area contributed by atoms with Gasteiger partial charge in [0.2, 0.25) is 5.95 Å². The Bertz CT molecular complexity index is 531. The maximum absolute atomic E-state index is 6.12. The summed E-state index contributed by atoms with van der Waals surface area (Å²) in [7, 11) is 1.80. The molecule has 0 aliphatic rings. The molecule has 1 aromatic carbocycles. The molecule has 0 unspecified atom stereocenters. The van der Waals surface area contributed by atoms with Crippen molar-refractivity contribution in [1.82, 2.24) is 9.97 Å². The van der Waals surface area contributed by atoms with Crippen molar-refractivity contribution >= 4 is 29.3 Å². The summed E-state index contributed by atoms with van der Waals surface area (Å²) >= 11 is 7.67. The zero-order valence-corrected chi connectivity index (χ0v) is 11.1. The van der Waals surface area contributed by atoms with Crippen LogP contribution < -0.4 is 5.32 Å². The van der Waals surface area contributed by atoms with Gasteiger partial charge >= 0.3 is 0 Å². The predicted molar refractivity (Wildman–Crippen MR) is 71.9 cm³/mol. The fraction of sp³-hybridized carbons (Fsp3) is 0.167. The Morgan fingerprint density at radius 3 is 2.76 bits per heavy atom. The van der Waals surface area contributed by atoms with Crippen molar-refractivity contribution in [3.05, 3.63) is 41.0 Å². The van der Waals surface area contributed by atoms with E-state index >= 15 is 0 Å². The molecule has 2 rings (SSSR count). The Hall–Kier alpha value is -1.26. The number of anilines is 1. The first kappa shape index (κ1) is 12.2. The Morgan fingerprint density at radius 1 is 1.29 bits per heavy atom. The highest BCUT2D eigenvalue weighted by molar-refractivity contribution is 7.99. The van der Waals surface area contributed by atoms with Gasteiger partial charge in [0, 0.05) is 23.7 Å². The average molecular weight is 266 g/mol. The van der Waals surface area contributed by atoms with Crippen LogP contribution in [-0.4, -0.2) is 17.0 Å². The third-order valence-corrected chi connectivity index (χ3v) is 3.82. The quantitative estimate of drug-likeness (QED) is 0.860. The fourth-order valence-corrected chi connectivity index (χ4v) is 2.40. The maximum atomic E-state index is 6.12. The molecule has 1 aromatic heterocycles. The molecule has 17 heavy (non-hydrogen) atoms. The fourth-order valence-electron chi connectivity index (χ4n) is 1.28. The van der Waals surface area contributed by atoms with Crippen LogP contribution in [0.3, 0.4) is 0 Å². The van der Waals surface area contributed by atoms with E-state index in [4.69, 9.17) is 11.6 Å². The van der Waals surface area contributed by atoms with E-state index in [0.717, 1.165) is 20.5 Å². The summed E-state index contributed by atoms with van der Waals surface area (Å²) in [5.41, 5.74) is 1.04. The highest BCUT2D eigenvalue weighted by Gasteiger charge is 2.07. The minimum Gasteiger partial charge on any atom is -0.357 e. The van der Waals surface area contributed by atoms with Crippen LogP contribution in [0.15, 0.2) is 40.4 Å². The normalized spacial score (nSPS) is 10.3. The van der Waals surface area contributed by atoms with Gasteiger partial charge in [-0.3, -0.25) is 0 Å². The molecule has 0 spiro atoms. The molecule has 3 nitrogen and oxygen atoms in total. The van der Waals surface area contributed by atoms with Gasteiger partial charge in [-0.25, -0.2) is 9.97 Å². The zero-order chi connectivity index (χ0) is 12.3. The lowest BCUT2D eigenvalue weighted by molar-refractivity contribution is 1.00. The molecular weight excluding hydrogens is 254 g/mol. The van der Waals surface area contributed by atoms with Crippen molar-refractivity contribution in [3.8, 4) is 0 Å². The van der Waals surface area contributed by atoms with E-state index in [-0.39, 0.29) is 0 Å². The highest BCUT2D eigenvalue weighted by Crippen LogP contribution is 2.33. The molecule has 0 amide bonds. The second-order valence-electron chi connectivity index (χ2n) is 3.46. The van der Waals surface area contributed by atoms with Gasteiger partial charge in [0.1, 0.15) is 5.03 Å². The number of rotatable bonds is 3. The van der Waals surface area contributed by atoms with E-state index in [0.29, 0.717) is 5.95 Å². The van der Waals surface area contributed by atoms with E-state index in [1.807, 2.05) is 31.2 Å². The van der Waals surface area contributed by atoms with Gasteiger partial charge in [0.25, 0.3) is 0 Å². The van der Waals surface area contributed by atoms with Crippen molar-refractivity contribution in [2.24, 2.45) is 0 Å². The van der Waals surface area contributed by atoms with Gasteiger partial charge < -0.3 is 5.32 Å². The van der Waals surface area contributed by atoms with E-state index in [1.54, 1.807) is 25.0 Å². The summed E-state index contributed by atoms with van der Waals surface area (Å²) in [4.78, 5) is 9.56. The average Bonchev–Trinajstić information content (AvgIpc) is 2.35. The summed E-state index contributed by atoms with van der Waals surface area (Å²) < 4.78 is 0. The zero-order valence-electron chi connectivity index (χ0n) is 9.57. The first-order valence-corrected chi connectivity index (χ1v) is 6.34. The van der Waals surface area contributed by atoms with Crippen LogP contribution in [0.2, 0.25) is 5.02 Å². The molecule has 0 fully saturated rings. The molecule has 0 aliphatic carbocycles. The lowest BCUT2D eigenvalue weighted by atomic mass is 10.4. The standard InChI is InChI=1S/C12H12ClN3S/c1-8-7-15-12(14-2)16-11(8)17-10-6-4-3-5-9(10)13/h3-7H,1-2H3,(H,14,15,16). The van der Waals surface area contributed by atoms with Gasteiger partial charge in [0.05, 0.1) is 5.02 Å². The van der Waals surface area contributed by atoms with Crippen LogP contribution in [-0.2, 0) is 0 Å². The van der Waals surface area contributed by atoms with E-state index in [9.17, 15) is 0 Å². The second kappa shape index (κ2) is 5.38. The molecule has 0 bridgehead atoms. The summed E-state index contributed by atoms with van der Waals surface area (Å²) in [6.07, 6.45) is 1.80. The van der Waals surface area contributed by atoms with Crippen molar-refractivity contribution in [2.75, 3.05) is 12.4 Å². The van der Waals surface area contributed by atoms with Gasteiger partial charge in [-0.15, -0.1) is 0 Å². The minimum absolute atomic E-state index is 0.616. The molecule has 5 heteroatoms. The first-order chi connectivity index (χ1) is 8.20. The molecule has 0 atom stereocenters. The van der Waals surface area contributed by atoms with Crippen LogP contribution >= 0.6 is 23.4 Å². The first-order valence-electron chi connectivity index (χ1n) is 5.14. The number of hydrogen-bond donors (Lipinski definition) is 1. The minimum atomic E-state index is 0.616. The van der Waals surface area contributed by atoms with Gasteiger partial charge in [-0.2, -0.15) is 0 Å². The van der Waals surface area contributed by atoms with Gasteiger partial charge in [0.15, 0.2) is 0 Å². The molecule has 0 radical (unpaired) electrons. The van der Waals surface area contributed by atoms with Crippen LogP contribution in [0.4, 0.5) is 5.95 Å². The summed E-state index contributed by atoms with van der Waals surface area (Å²) in [6, 6.07) is 7.73. The monoisotopic (exact) mass is 265 g/mol. The number of benzene rings is 1. The van der Waals surface area contributed by atoms with Crippen LogP contribution in [0.25, 0.3) is 0 Å². The predicted octanol–water partition coefficient (Wildman–Crippen LogP) is 3.63. The van der Waals surface area contributed by atoms with Crippen LogP contribution in [0.1, 0.15) is 5.56 Å². The van der Waals surface area contributed by atoms with Crippen molar-refractivity contribution in [1.29, 1.82) is 0 Å². The number of halogens is 1. The van der Waals surface area contributed by atoms with E-state index in [1.165, 1.54) is 0 Å². The van der Waals surface area contributed by atoms with Crippen molar-refractivity contribution in [3.63, 3.8) is 0 Å². The summed E-state index contributed by atoms with van der Waals surface area (Å²) in [6.45, 7) is 1.98. The Morgan fingerprint density at radius 2 is 2.06 bits per heavy atom. The lowest BCUT2D eigenvalue weighted by Gasteiger charge is -2.07. The van der Waals surface area contributed by atoms with E-state index < -0.39 is 0 Å². The number of hydrogen-bond acceptors (Lipinski definition) is 4. The van der Waals surface area contributed by atoms with Gasteiger partial charge in [-0.1, -0.05) is 35.5 Å². The van der Waals surface area contributed by atoms with Crippen molar-refractivity contribution in [2.45, 2.75) is 16.8 Å². The molecule has 0 aliphatic heterocycles. The third-order valence-electron chi connectivity index (χ3n) is 2.19. The molecule has 1 heterocycles.